The first-order chi connectivity index (χ1) is 15.9. The van der Waals surface area contributed by atoms with Crippen molar-refractivity contribution in [3.05, 3.63) is 91.8 Å². The largest absolute Gasteiger partial charge is 0.488 e. The SMILES string of the molecule is COC(=O)c1ccc(CN2C(=O)S/C(=C/c3ccc(OCc4ccccc4)c(I)c3)C2=O)o1. The molecule has 7 nitrogen and oxygen atoms in total. The third-order valence-corrected chi connectivity index (χ3v) is 6.48. The number of ether oxygens (including phenoxy) is 2. The number of halogens is 1. The van der Waals surface area contributed by atoms with Crippen LogP contribution in [0.2, 0.25) is 0 Å². The molecule has 1 aromatic heterocycles. The molecule has 4 rings (SSSR count). The first kappa shape index (κ1) is 23.1. The van der Waals surface area contributed by atoms with Gasteiger partial charge in [-0.15, -0.1) is 0 Å². The topological polar surface area (TPSA) is 86.0 Å². The van der Waals surface area contributed by atoms with Gasteiger partial charge in [-0.05, 0) is 75.8 Å². The van der Waals surface area contributed by atoms with Gasteiger partial charge in [-0.2, -0.15) is 0 Å². The maximum Gasteiger partial charge on any atom is 0.373 e. The van der Waals surface area contributed by atoms with Crippen LogP contribution in [0.3, 0.4) is 0 Å². The molecule has 1 fully saturated rings. The summed E-state index contributed by atoms with van der Waals surface area (Å²) in [5.74, 6) is 0.0260. The lowest BCUT2D eigenvalue weighted by Gasteiger charge is -2.10. The average Bonchev–Trinajstić information content (AvgIpc) is 3.39. The summed E-state index contributed by atoms with van der Waals surface area (Å²) in [6, 6.07) is 18.4. The second-order valence-electron chi connectivity index (χ2n) is 6.99. The number of hydrogen-bond donors (Lipinski definition) is 0. The van der Waals surface area contributed by atoms with Crippen molar-refractivity contribution in [3.8, 4) is 5.75 Å². The summed E-state index contributed by atoms with van der Waals surface area (Å²) < 4.78 is 16.7. The normalized spacial score (nSPS) is 14.7. The van der Waals surface area contributed by atoms with E-state index in [1.807, 2.05) is 48.5 Å². The molecule has 1 aliphatic rings. The summed E-state index contributed by atoms with van der Waals surface area (Å²) in [4.78, 5) is 38.1. The molecule has 0 bridgehead atoms. The monoisotopic (exact) mass is 575 g/mol. The Labute approximate surface area is 207 Å². The molecule has 0 N–H and O–H groups in total. The predicted octanol–water partition coefficient (Wildman–Crippen LogP) is 5.49. The molecule has 2 amide bonds. The number of carbonyl (C=O) groups excluding carboxylic acids is 3. The molecule has 0 unspecified atom stereocenters. The van der Waals surface area contributed by atoms with Crippen molar-refractivity contribution in [2.75, 3.05) is 7.11 Å². The molecule has 168 valence electrons. The van der Waals surface area contributed by atoms with Crippen LogP contribution in [0.25, 0.3) is 6.08 Å². The van der Waals surface area contributed by atoms with E-state index in [1.54, 1.807) is 6.08 Å². The molecule has 2 aromatic carbocycles. The van der Waals surface area contributed by atoms with Crippen LogP contribution in [0.15, 0.2) is 70.0 Å². The van der Waals surface area contributed by atoms with E-state index in [9.17, 15) is 14.4 Å². The van der Waals surface area contributed by atoms with Gasteiger partial charge in [0.1, 0.15) is 18.1 Å². The zero-order valence-corrected chi connectivity index (χ0v) is 20.4. The fourth-order valence-electron chi connectivity index (χ4n) is 3.08. The maximum absolute atomic E-state index is 12.8. The quantitative estimate of drug-likeness (QED) is 0.209. The van der Waals surface area contributed by atoms with E-state index in [4.69, 9.17) is 9.15 Å². The number of imide groups is 1. The molecule has 3 aromatic rings. The molecule has 2 heterocycles. The van der Waals surface area contributed by atoms with Crippen molar-refractivity contribution < 1.29 is 28.3 Å². The van der Waals surface area contributed by atoms with Gasteiger partial charge in [0.2, 0.25) is 5.76 Å². The summed E-state index contributed by atoms with van der Waals surface area (Å²) >= 11 is 3.04. The number of rotatable bonds is 7. The second kappa shape index (κ2) is 10.3. The van der Waals surface area contributed by atoms with E-state index in [1.165, 1.54) is 19.2 Å². The van der Waals surface area contributed by atoms with Gasteiger partial charge in [0.15, 0.2) is 0 Å². The van der Waals surface area contributed by atoms with Gasteiger partial charge in [0, 0.05) is 0 Å². The number of esters is 1. The Morgan fingerprint density at radius 3 is 2.64 bits per heavy atom. The minimum absolute atomic E-state index is 0.0131. The van der Waals surface area contributed by atoms with Gasteiger partial charge in [-0.25, -0.2) is 4.79 Å². The van der Waals surface area contributed by atoms with Crippen LogP contribution in [-0.4, -0.2) is 29.1 Å². The minimum atomic E-state index is -0.624. The van der Waals surface area contributed by atoms with Gasteiger partial charge in [0.25, 0.3) is 11.1 Å². The lowest BCUT2D eigenvalue weighted by molar-refractivity contribution is -0.123. The van der Waals surface area contributed by atoms with Gasteiger partial charge >= 0.3 is 5.97 Å². The first-order valence-corrected chi connectivity index (χ1v) is 11.7. The number of nitrogens with zero attached hydrogens (tertiary/aromatic N) is 1. The summed E-state index contributed by atoms with van der Waals surface area (Å²) in [5, 5.41) is -0.403. The van der Waals surface area contributed by atoms with Gasteiger partial charge in [-0.1, -0.05) is 36.4 Å². The Kier molecular flexibility index (Phi) is 7.19. The first-order valence-electron chi connectivity index (χ1n) is 9.83. The maximum atomic E-state index is 12.8. The highest BCUT2D eigenvalue weighted by molar-refractivity contribution is 14.1. The van der Waals surface area contributed by atoms with Gasteiger partial charge in [0.05, 0.1) is 22.1 Å². The number of thioether (sulfide) groups is 1. The molecule has 1 saturated heterocycles. The number of benzene rings is 2. The number of methoxy groups -OCH3 is 1. The van der Waals surface area contributed by atoms with Crippen molar-refractivity contribution in [2.45, 2.75) is 13.2 Å². The highest BCUT2D eigenvalue weighted by atomic mass is 127. The Morgan fingerprint density at radius 1 is 1.12 bits per heavy atom. The molecule has 0 spiro atoms. The van der Waals surface area contributed by atoms with Crippen LogP contribution in [0.1, 0.15) is 27.4 Å². The fraction of sp³-hybridized carbons (Fsp3) is 0.125. The standard InChI is InChI=1S/C24H18INO6S/c1-30-23(28)20-10-8-17(32-20)13-26-22(27)21(33-24(26)29)12-16-7-9-19(18(25)11-16)31-14-15-5-3-2-4-6-15/h2-12H,13-14H2,1H3/b21-12+. The van der Waals surface area contributed by atoms with E-state index >= 15 is 0 Å². The van der Waals surface area contributed by atoms with Crippen LogP contribution >= 0.6 is 34.4 Å². The minimum Gasteiger partial charge on any atom is -0.488 e. The highest BCUT2D eigenvalue weighted by Gasteiger charge is 2.35. The van der Waals surface area contributed by atoms with Crippen molar-refractivity contribution in [3.63, 3.8) is 0 Å². The Balaban J connectivity index is 1.44. The molecule has 9 heteroatoms. The van der Waals surface area contributed by atoms with Crippen LogP contribution < -0.4 is 4.74 Å². The van der Waals surface area contributed by atoms with Crippen molar-refractivity contribution >= 4 is 57.5 Å². The lowest BCUT2D eigenvalue weighted by atomic mass is 10.2. The lowest BCUT2D eigenvalue weighted by Crippen LogP contribution is -2.27. The zero-order valence-electron chi connectivity index (χ0n) is 17.4. The predicted molar refractivity (Wildman–Crippen MR) is 131 cm³/mol. The van der Waals surface area contributed by atoms with E-state index in [-0.39, 0.29) is 12.3 Å². The molecule has 0 saturated carbocycles. The molecule has 0 atom stereocenters. The number of hydrogen-bond acceptors (Lipinski definition) is 7. The summed E-state index contributed by atoms with van der Waals surface area (Å²) in [6.07, 6.45) is 1.68. The van der Waals surface area contributed by atoms with Crippen LogP contribution in [0, 0.1) is 3.57 Å². The van der Waals surface area contributed by atoms with Crippen LogP contribution in [0.4, 0.5) is 4.79 Å². The highest BCUT2D eigenvalue weighted by Crippen LogP contribution is 2.34. The summed E-state index contributed by atoms with van der Waals surface area (Å²) in [6.45, 7) is 0.391. The van der Waals surface area contributed by atoms with Crippen LogP contribution in [0.5, 0.6) is 5.75 Å². The van der Waals surface area contributed by atoms with E-state index in [2.05, 4.69) is 27.3 Å². The molecule has 33 heavy (non-hydrogen) atoms. The Bertz CT molecular complexity index is 1240. The Morgan fingerprint density at radius 2 is 1.91 bits per heavy atom. The number of carbonyl (C=O) groups is 3. The molecule has 0 radical (unpaired) electrons. The molecular formula is C24H18INO6S. The van der Waals surface area contributed by atoms with Crippen molar-refractivity contribution in [2.24, 2.45) is 0 Å². The molecular weight excluding hydrogens is 557 g/mol. The zero-order chi connectivity index (χ0) is 23.4. The third kappa shape index (κ3) is 5.48. The average molecular weight is 575 g/mol. The summed E-state index contributed by atoms with van der Waals surface area (Å²) in [7, 11) is 1.24. The molecule has 0 aliphatic carbocycles. The smallest absolute Gasteiger partial charge is 0.373 e. The van der Waals surface area contributed by atoms with E-state index < -0.39 is 17.1 Å². The fourth-order valence-corrected chi connectivity index (χ4v) is 4.61. The second-order valence-corrected chi connectivity index (χ2v) is 9.14. The Hall–Kier alpha value is -3.05. The van der Waals surface area contributed by atoms with E-state index in [0.717, 1.165) is 37.1 Å². The molecule has 1 aliphatic heterocycles. The van der Waals surface area contributed by atoms with Gasteiger partial charge < -0.3 is 13.9 Å². The summed E-state index contributed by atoms with van der Waals surface area (Å²) in [5.41, 5.74) is 1.85. The number of furan rings is 1. The van der Waals surface area contributed by atoms with E-state index in [0.29, 0.717) is 17.3 Å². The van der Waals surface area contributed by atoms with Crippen molar-refractivity contribution in [1.82, 2.24) is 4.90 Å². The van der Waals surface area contributed by atoms with Crippen molar-refractivity contribution in [1.29, 1.82) is 0 Å². The third-order valence-electron chi connectivity index (χ3n) is 4.73. The number of amides is 2. The van der Waals surface area contributed by atoms with Gasteiger partial charge in [-0.3, -0.25) is 14.5 Å². The van der Waals surface area contributed by atoms with Crippen LogP contribution in [-0.2, 0) is 22.7 Å².